The maximum atomic E-state index is 13.2. The number of aromatic nitrogens is 1. The number of hydrogen-bond acceptors (Lipinski definition) is 8. The number of fused-ring (bicyclic) bond motifs is 1. The highest BCUT2D eigenvalue weighted by Crippen LogP contribution is 2.40. The first kappa shape index (κ1) is 25.3. The number of thiazole rings is 1. The van der Waals surface area contributed by atoms with Gasteiger partial charge in [-0.3, -0.25) is 19.8 Å². The molecule has 1 aromatic heterocycles. The molecule has 0 aliphatic heterocycles. The van der Waals surface area contributed by atoms with Gasteiger partial charge in [0, 0.05) is 25.2 Å². The lowest BCUT2D eigenvalue weighted by Gasteiger charge is -2.22. The first-order chi connectivity index (χ1) is 14.8. The Labute approximate surface area is 196 Å². The average Bonchev–Trinajstić information content (AvgIpc) is 3.18. The number of nitrogens with zero attached hydrogens (tertiary/aromatic N) is 4. The van der Waals surface area contributed by atoms with Gasteiger partial charge in [0.15, 0.2) is 5.13 Å². The Hall–Kier alpha value is -2.95. The molecule has 0 aliphatic carbocycles. The largest absolute Gasteiger partial charge is 0.495 e. The second-order valence-corrected chi connectivity index (χ2v) is 8.07. The number of nitro groups is 1. The van der Waals surface area contributed by atoms with Crippen molar-refractivity contribution in [2.75, 3.05) is 46.3 Å². The summed E-state index contributed by atoms with van der Waals surface area (Å²) in [5, 5.41) is 11.4. The summed E-state index contributed by atoms with van der Waals surface area (Å²) in [7, 11) is 7.03. The molecule has 0 spiro atoms. The van der Waals surface area contributed by atoms with Gasteiger partial charge in [0.25, 0.3) is 5.69 Å². The van der Waals surface area contributed by atoms with E-state index < -0.39 is 4.92 Å². The number of halogens is 1. The molecular formula is C21H25ClN4O5S. The Kier molecular flexibility index (Phi) is 8.76. The van der Waals surface area contributed by atoms with E-state index >= 15 is 0 Å². The van der Waals surface area contributed by atoms with Crippen molar-refractivity contribution in [3.05, 3.63) is 52.1 Å². The third-order valence-corrected chi connectivity index (χ3v) is 5.80. The van der Waals surface area contributed by atoms with Gasteiger partial charge in [-0.2, -0.15) is 0 Å². The van der Waals surface area contributed by atoms with Crippen molar-refractivity contribution in [1.82, 2.24) is 9.88 Å². The number of carbonyl (C=O) groups is 1. The van der Waals surface area contributed by atoms with Crippen LogP contribution in [0.4, 0.5) is 10.8 Å². The predicted octanol–water partition coefficient (Wildman–Crippen LogP) is 3.78. The van der Waals surface area contributed by atoms with E-state index in [-0.39, 0.29) is 30.4 Å². The van der Waals surface area contributed by atoms with E-state index in [0.717, 1.165) is 4.70 Å². The van der Waals surface area contributed by atoms with Crippen LogP contribution in [0.1, 0.15) is 5.56 Å². The number of non-ortho nitro benzene ring substituents is 1. The number of amides is 1. The van der Waals surface area contributed by atoms with Gasteiger partial charge in [-0.25, -0.2) is 4.98 Å². The van der Waals surface area contributed by atoms with E-state index in [4.69, 9.17) is 9.47 Å². The van der Waals surface area contributed by atoms with Crippen LogP contribution in [0.2, 0.25) is 0 Å². The van der Waals surface area contributed by atoms with Crippen LogP contribution in [0.15, 0.2) is 36.4 Å². The lowest BCUT2D eigenvalue weighted by Crippen LogP contribution is -2.37. The van der Waals surface area contributed by atoms with Crippen LogP contribution in [0, 0.1) is 10.1 Å². The number of rotatable bonds is 9. The monoisotopic (exact) mass is 480 g/mol. The van der Waals surface area contributed by atoms with Crippen LogP contribution in [-0.4, -0.2) is 62.1 Å². The fraction of sp³-hybridized carbons (Fsp3) is 0.333. The molecule has 0 N–H and O–H groups in total. The van der Waals surface area contributed by atoms with E-state index in [0.29, 0.717) is 40.8 Å². The van der Waals surface area contributed by atoms with E-state index in [9.17, 15) is 14.9 Å². The maximum absolute atomic E-state index is 13.2. The molecule has 3 rings (SSSR count). The van der Waals surface area contributed by atoms with Crippen molar-refractivity contribution >= 4 is 50.7 Å². The third kappa shape index (κ3) is 5.64. The lowest BCUT2D eigenvalue weighted by molar-refractivity contribution is -0.384. The molecule has 32 heavy (non-hydrogen) atoms. The lowest BCUT2D eigenvalue weighted by atomic mass is 10.1. The Balaban J connectivity index is 0.00000363. The minimum absolute atomic E-state index is 0. The first-order valence-electron chi connectivity index (χ1n) is 9.54. The molecule has 172 valence electrons. The smallest absolute Gasteiger partial charge is 0.269 e. The predicted molar refractivity (Wildman–Crippen MR) is 128 cm³/mol. The topological polar surface area (TPSA) is 98.0 Å². The number of carbonyl (C=O) groups excluding carboxylic acids is 1. The highest BCUT2D eigenvalue weighted by atomic mass is 35.5. The number of benzene rings is 2. The molecule has 3 aromatic rings. The molecule has 2 aromatic carbocycles. The Morgan fingerprint density at radius 1 is 1.06 bits per heavy atom. The summed E-state index contributed by atoms with van der Waals surface area (Å²) >= 11 is 1.36. The summed E-state index contributed by atoms with van der Waals surface area (Å²) in [5.41, 5.74) is 1.33. The number of ether oxygens (including phenoxy) is 2. The van der Waals surface area contributed by atoms with Crippen LogP contribution in [0.25, 0.3) is 10.2 Å². The van der Waals surface area contributed by atoms with Crippen molar-refractivity contribution in [1.29, 1.82) is 0 Å². The average molecular weight is 481 g/mol. The minimum Gasteiger partial charge on any atom is -0.495 e. The summed E-state index contributed by atoms with van der Waals surface area (Å²) in [5.74, 6) is 1.12. The van der Waals surface area contributed by atoms with Crippen LogP contribution < -0.4 is 14.4 Å². The Bertz CT molecular complexity index is 1050. The van der Waals surface area contributed by atoms with Gasteiger partial charge in [-0.05, 0) is 31.8 Å². The Morgan fingerprint density at radius 3 is 2.25 bits per heavy atom. The number of nitro benzene ring substituents is 1. The molecular weight excluding hydrogens is 456 g/mol. The molecule has 11 heteroatoms. The second-order valence-electron chi connectivity index (χ2n) is 7.09. The molecule has 0 atom stereocenters. The SMILES string of the molecule is COc1ccc(OC)c2sc(N(CCN(C)C)C(=O)Cc3ccc([N+](=O)[O-])cc3)nc12.Cl. The zero-order valence-electron chi connectivity index (χ0n) is 18.2. The normalized spacial score (nSPS) is 10.7. The number of anilines is 1. The van der Waals surface area contributed by atoms with Crippen molar-refractivity contribution in [2.24, 2.45) is 0 Å². The highest BCUT2D eigenvalue weighted by molar-refractivity contribution is 7.22. The van der Waals surface area contributed by atoms with Gasteiger partial charge in [-0.15, -0.1) is 12.4 Å². The number of methoxy groups -OCH3 is 2. The van der Waals surface area contributed by atoms with Crippen molar-refractivity contribution < 1.29 is 19.2 Å². The quantitative estimate of drug-likeness (QED) is 0.339. The van der Waals surface area contributed by atoms with Gasteiger partial charge in [0.05, 0.1) is 25.6 Å². The van der Waals surface area contributed by atoms with Crippen LogP contribution in [-0.2, 0) is 11.2 Å². The minimum atomic E-state index is -0.461. The van der Waals surface area contributed by atoms with E-state index in [2.05, 4.69) is 4.98 Å². The summed E-state index contributed by atoms with van der Waals surface area (Å²) in [6.45, 7) is 1.10. The molecule has 0 unspecified atom stereocenters. The molecule has 0 fully saturated rings. The Morgan fingerprint density at radius 2 is 1.69 bits per heavy atom. The molecule has 9 nitrogen and oxygen atoms in total. The standard InChI is InChI=1S/C21H24N4O5S.ClH/c1-23(2)11-12-24(18(26)13-14-5-7-15(8-6-14)25(27)28)21-22-19-16(29-3)9-10-17(30-4)20(19)31-21;/h5-10H,11-13H2,1-4H3;1H. The van der Waals surface area contributed by atoms with E-state index in [1.165, 1.54) is 23.5 Å². The summed E-state index contributed by atoms with van der Waals surface area (Å²) in [6.07, 6.45) is 0.107. The molecule has 0 saturated carbocycles. The van der Waals surface area contributed by atoms with E-state index in [1.54, 1.807) is 37.3 Å². The van der Waals surface area contributed by atoms with E-state index in [1.807, 2.05) is 25.1 Å². The third-order valence-electron chi connectivity index (χ3n) is 4.70. The summed E-state index contributed by atoms with van der Waals surface area (Å²) < 4.78 is 11.7. The van der Waals surface area contributed by atoms with Crippen molar-refractivity contribution in [2.45, 2.75) is 6.42 Å². The maximum Gasteiger partial charge on any atom is 0.269 e. The van der Waals surface area contributed by atoms with Crippen LogP contribution >= 0.6 is 23.7 Å². The molecule has 0 aliphatic rings. The fourth-order valence-corrected chi connectivity index (χ4v) is 4.14. The van der Waals surface area contributed by atoms with Gasteiger partial charge in [0.1, 0.15) is 21.7 Å². The van der Waals surface area contributed by atoms with Gasteiger partial charge < -0.3 is 14.4 Å². The molecule has 0 bridgehead atoms. The zero-order chi connectivity index (χ0) is 22.5. The van der Waals surface area contributed by atoms with Gasteiger partial charge in [0.2, 0.25) is 5.91 Å². The highest BCUT2D eigenvalue weighted by Gasteiger charge is 2.23. The summed E-state index contributed by atoms with van der Waals surface area (Å²) in [4.78, 5) is 31.9. The first-order valence-corrected chi connectivity index (χ1v) is 10.4. The molecule has 1 heterocycles. The van der Waals surface area contributed by atoms with Gasteiger partial charge in [-0.1, -0.05) is 23.5 Å². The van der Waals surface area contributed by atoms with Gasteiger partial charge >= 0.3 is 0 Å². The van der Waals surface area contributed by atoms with Crippen LogP contribution in [0.5, 0.6) is 11.5 Å². The summed E-state index contributed by atoms with van der Waals surface area (Å²) in [6, 6.07) is 9.61. The van der Waals surface area contributed by atoms with Crippen LogP contribution in [0.3, 0.4) is 0 Å². The number of hydrogen-bond donors (Lipinski definition) is 0. The van der Waals surface area contributed by atoms with Crippen molar-refractivity contribution in [3.63, 3.8) is 0 Å². The zero-order valence-corrected chi connectivity index (χ0v) is 19.9. The molecule has 0 radical (unpaired) electrons. The second kappa shape index (κ2) is 11.1. The van der Waals surface area contributed by atoms with Crippen molar-refractivity contribution in [3.8, 4) is 11.5 Å². The molecule has 0 saturated heterocycles. The molecule has 1 amide bonds. The fourth-order valence-electron chi connectivity index (χ4n) is 3.02. The number of likely N-dealkylation sites (N-methyl/N-ethyl adjacent to an activating group) is 1.